The number of nitrogens with one attached hydrogen (secondary N) is 2. The number of carbonyl (C=O) groups excluding carboxylic acids is 1. The zero-order valence-electron chi connectivity index (χ0n) is 12.5. The van der Waals surface area contributed by atoms with Crippen LogP contribution in [0.1, 0.15) is 27.2 Å². The number of pyridine rings is 1. The molecule has 2 rings (SSSR count). The van der Waals surface area contributed by atoms with Crippen LogP contribution in [0.5, 0.6) is 0 Å². The van der Waals surface area contributed by atoms with Crippen LogP contribution in [0, 0.1) is 27.5 Å². The van der Waals surface area contributed by atoms with Gasteiger partial charge in [-0.1, -0.05) is 0 Å². The quantitative estimate of drug-likeness (QED) is 0.444. The van der Waals surface area contributed by atoms with Gasteiger partial charge in [0.15, 0.2) is 0 Å². The van der Waals surface area contributed by atoms with Crippen molar-refractivity contribution >= 4 is 34.2 Å². The Morgan fingerprint density at radius 1 is 1.35 bits per heavy atom. The molecule has 8 heteroatoms. The van der Waals surface area contributed by atoms with Gasteiger partial charge in [0.05, 0.1) is 10.5 Å². The Morgan fingerprint density at radius 2 is 2.04 bits per heavy atom. The van der Waals surface area contributed by atoms with Crippen LogP contribution in [0.3, 0.4) is 0 Å². The van der Waals surface area contributed by atoms with E-state index in [-0.39, 0.29) is 23.7 Å². The lowest BCUT2D eigenvalue weighted by molar-refractivity contribution is -0.384. The largest absolute Gasteiger partial charge is 0.348 e. The van der Waals surface area contributed by atoms with Crippen molar-refractivity contribution in [1.82, 2.24) is 10.3 Å². The first-order valence-electron chi connectivity index (χ1n) is 6.71. The van der Waals surface area contributed by atoms with Crippen LogP contribution in [0.2, 0.25) is 0 Å². The second-order valence-corrected chi connectivity index (χ2v) is 6.21. The summed E-state index contributed by atoms with van der Waals surface area (Å²) in [5.74, 6) is -0.385. The summed E-state index contributed by atoms with van der Waals surface area (Å²) in [5, 5.41) is 13.4. The number of non-ortho nitro benzene ring substituents is 1. The molecule has 1 aromatic carbocycles. The lowest BCUT2D eigenvalue weighted by Crippen LogP contribution is -2.28. The van der Waals surface area contributed by atoms with E-state index in [2.05, 4.69) is 10.3 Å². The lowest BCUT2D eigenvalue weighted by atomic mass is 10.1. The summed E-state index contributed by atoms with van der Waals surface area (Å²) in [7, 11) is 0. The fourth-order valence-corrected chi connectivity index (χ4v) is 2.91. The molecule has 0 spiro atoms. The molecule has 2 aromatic rings. The van der Waals surface area contributed by atoms with Crippen molar-refractivity contribution in [2.45, 2.75) is 20.4 Å². The van der Waals surface area contributed by atoms with Crippen molar-refractivity contribution in [3.05, 3.63) is 70.7 Å². The summed E-state index contributed by atoms with van der Waals surface area (Å²) in [6.45, 7) is 3.68. The summed E-state index contributed by atoms with van der Waals surface area (Å²) in [5.41, 5.74) is 2.06. The first kappa shape index (κ1) is 17.1. The van der Waals surface area contributed by atoms with Gasteiger partial charge in [-0.3, -0.25) is 19.7 Å². The summed E-state index contributed by atoms with van der Waals surface area (Å²) in [4.78, 5) is 37.0. The zero-order chi connectivity index (χ0) is 17.1. The van der Waals surface area contributed by atoms with Crippen molar-refractivity contribution in [1.29, 1.82) is 0 Å². The van der Waals surface area contributed by atoms with Crippen molar-refractivity contribution in [3.8, 4) is 0 Å². The van der Waals surface area contributed by atoms with Gasteiger partial charge in [-0.15, -0.1) is 0 Å². The first-order valence-corrected chi connectivity index (χ1v) is 7.79. The third kappa shape index (κ3) is 3.95. The third-order valence-electron chi connectivity index (χ3n) is 3.33. The molecule has 1 aromatic heterocycles. The molecular formula is C15H14IN3O4. The standard InChI is InChI=1S/C15H14IN3O4/c1-8-5-9(2)18-15(21)12(8)7-17-14(20)11-4-3-10(19(22)23)6-13(11)16/h3-6H,7H2,1-2H3,(H,17,20)(H,18,21). The number of H-pyrrole nitrogens is 1. The predicted molar refractivity (Wildman–Crippen MR) is 93.5 cm³/mol. The molecule has 120 valence electrons. The molecule has 1 heterocycles. The van der Waals surface area contributed by atoms with E-state index in [1.807, 2.05) is 28.7 Å². The maximum Gasteiger partial charge on any atom is 0.270 e. The number of amides is 1. The topological polar surface area (TPSA) is 105 Å². The molecule has 0 aliphatic heterocycles. The summed E-state index contributed by atoms with van der Waals surface area (Å²) < 4.78 is 0.476. The molecule has 23 heavy (non-hydrogen) atoms. The predicted octanol–water partition coefficient (Wildman–Crippen LogP) is 2.43. The Bertz CT molecular complexity index is 845. The minimum atomic E-state index is -0.515. The number of aromatic amines is 1. The molecule has 0 fully saturated rings. The molecule has 2 N–H and O–H groups in total. The monoisotopic (exact) mass is 427 g/mol. The van der Waals surface area contributed by atoms with Gasteiger partial charge >= 0.3 is 0 Å². The zero-order valence-corrected chi connectivity index (χ0v) is 14.6. The van der Waals surface area contributed by atoms with Crippen LogP contribution in [0.15, 0.2) is 29.1 Å². The number of benzene rings is 1. The highest BCUT2D eigenvalue weighted by Gasteiger charge is 2.15. The average molecular weight is 427 g/mol. The van der Waals surface area contributed by atoms with Gasteiger partial charge in [-0.2, -0.15) is 0 Å². The molecule has 0 radical (unpaired) electrons. The highest BCUT2D eigenvalue weighted by atomic mass is 127. The number of aryl methyl sites for hydroxylation is 2. The van der Waals surface area contributed by atoms with E-state index < -0.39 is 4.92 Å². The average Bonchev–Trinajstić information content (AvgIpc) is 2.45. The molecule has 0 aliphatic rings. The fourth-order valence-electron chi connectivity index (χ4n) is 2.17. The number of nitro benzene ring substituents is 1. The van der Waals surface area contributed by atoms with Gasteiger partial charge in [-0.25, -0.2) is 0 Å². The van der Waals surface area contributed by atoms with E-state index in [0.29, 0.717) is 14.7 Å². The van der Waals surface area contributed by atoms with Crippen LogP contribution < -0.4 is 10.9 Å². The molecule has 0 bridgehead atoms. The number of hydrogen-bond acceptors (Lipinski definition) is 4. The summed E-state index contributed by atoms with van der Waals surface area (Å²) >= 11 is 1.87. The summed E-state index contributed by atoms with van der Waals surface area (Å²) in [6.07, 6.45) is 0. The van der Waals surface area contributed by atoms with Gasteiger partial charge in [-0.05, 0) is 54.1 Å². The lowest BCUT2D eigenvalue weighted by Gasteiger charge is -2.09. The Hall–Kier alpha value is -2.23. The minimum absolute atomic E-state index is 0.0724. The Balaban J connectivity index is 2.18. The van der Waals surface area contributed by atoms with Crippen LogP contribution in [-0.4, -0.2) is 15.8 Å². The van der Waals surface area contributed by atoms with Crippen molar-refractivity contribution < 1.29 is 9.72 Å². The van der Waals surface area contributed by atoms with Crippen molar-refractivity contribution in [2.24, 2.45) is 0 Å². The maximum absolute atomic E-state index is 12.2. The van der Waals surface area contributed by atoms with Crippen LogP contribution in [-0.2, 0) is 6.54 Å². The number of halogens is 1. The highest BCUT2D eigenvalue weighted by molar-refractivity contribution is 14.1. The van der Waals surface area contributed by atoms with E-state index in [0.717, 1.165) is 11.3 Å². The van der Waals surface area contributed by atoms with Gasteiger partial charge in [0, 0.05) is 33.5 Å². The van der Waals surface area contributed by atoms with Gasteiger partial charge in [0.2, 0.25) is 0 Å². The molecule has 0 unspecified atom stereocenters. The number of rotatable bonds is 4. The van der Waals surface area contributed by atoms with Crippen LogP contribution >= 0.6 is 22.6 Å². The number of aromatic nitrogens is 1. The highest BCUT2D eigenvalue weighted by Crippen LogP contribution is 2.19. The van der Waals surface area contributed by atoms with E-state index in [1.165, 1.54) is 18.2 Å². The second kappa shape index (κ2) is 6.90. The Morgan fingerprint density at radius 3 is 2.61 bits per heavy atom. The van der Waals surface area contributed by atoms with Crippen molar-refractivity contribution in [3.63, 3.8) is 0 Å². The minimum Gasteiger partial charge on any atom is -0.348 e. The molecule has 7 nitrogen and oxygen atoms in total. The maximum atomic E-state index is 12.2. The molecule has 0 aliphatic carbocycles. The molecule has 0 saturated carbocycles. The second-order valence-electron chi connectivity index (χ2n) is 5.05. The van der Waals surface area contributed by atoms with Crippen LogP contribution in [0.25, 0.3) is 0 Å². The van der Waals surface area contributed by atoms with E-state index in [9.17, 15) is 19.7 Å². The number of nitro groups is 1. The van der Waals surface area contributed by atoms with Crippen molar-refractivity contribution in [2.75, 3.05) is 0 Å². The Labute approximate surface area is 145 Å². The van der Waals surface area contributed by atoms with E-state index in [1.54, 1.807) is 13.8 Å². The van der Waals surface area contributed by atoms with Gasteiger partial charge in [0.1, 0.15) is 0 Å². The fraction of sp³-hybridized carbons (Fsp3) is 0.200. The third-order valence-corrected chi connectivity index (χ3v) is 4.22. The van der Waals surface area contributed by atoms with Gasteiger partial charge < -0.3 is 10.3 Å². The number of nitrogens with zero attached hydrogens (tertiary/aromatic N) is 1. The van der Waals surface area contributed by atoms with Crippen LogP contribution in [0.4, 0.5) is 5.69 Å². The van der Waals surface area contributed by atoms with E-state index >= 15 is 0 Å². The molecule has 0 atom stereocenters. The number of carbonyl (C=O) groups is 1. The molecular weight excluding hydrogens is 413 g/mol. The smallest absolute Gasteiger partial charge is 0.270 e. The molecule has 1 amide bonds. The number of hydrogen-bond donors (Lipinski definition) is 2. The summed E-state index contributed by atoms with van der Waals surface area (Å²) in [6, 6.07) is 5.85. The van der Waals surface area contributed by atoms with Gasteiger partial charge in [0.25, 0.3) is 17.2 Å². The first-order chi connectivity index (χ1) is 10.8. The van der Waals surface area contributed by atoms with E-state index in [4.69, 9.17) is 0 Å². The Kier molecular flexibility index (Phi) is 5.14. The molecule has 0 saturated heterocycles. The normalized spacial score (nSPS) is 10.4. The SMILES string of the molecule is Cc1cc(C)c(CNC(=O)c2ccc([N+](=O)[O-])cc2I)c(=O)[nH]1.